The van der Waals surface area contributed by atoms with E-state index in [1.807, 2.05) is 24.3 Å². The maximum atomic E-state index is 12.9. The molecule has 0 bridgehead atoms. The standard InChI is InChI=1S/C17H17FO3/c1-12(14-5-7-15(18)8-6-14)17(19)21-11-13-3-9-16(20-2)10-4-13/h3-10,12H,11H2,1-2H3/t12-/m0/s1. The molecule has 21 heavy (non-hydrogen) atoms. The van der Waals surface area contributed by atoms with Crippen LogP contribution in [0.3, 0.4) is 0 Å². The molecule has 0 unspecified atom stereocenters. The molecular weight excluding hydrogens is 271 g/mol. The number of rotatable bonds is 5. The molecule has 2 rings (SSSR count). The summed E-state index contributed by atoms with van der Waals surface area (Å²) in [5.74, 6) is -0.330. The molecule has 110 valence electrons. The van der Waals surface area contributed by atoms with Gasteiger partial charge in [0, 0.05) is 0 Å². The van der Waals surface area contributed by atoms with E-state index in [0.29, 0.717) is 0 Å². The molecule has 0 amide bonds. The Morgan fingerprint density at radius 1 is 1.10 bits per heavy atom. The van der Waals surface area contributed by atoms with Crippen LogP contribution in [0.2, 0.25) is 0 Å². The van der Waals surface area contributed by atoms with Gasteiger partial charge >= 0.3 is 5.97 Å². The molecule has 1 atom stereocenters. The third kappa shape index (κ3) is 4.05. The number of hydrogen-bond donors (Lipinski definition) is 0. The average Bonchev–Trinajstić information content (AvgIpc) is 2.53. The van der Waals surface area contributed by atoms with Gasteiger partial charge < -0.3 is 9.47 Å². The Bertz CT molecular complexity index is 590. The Balaban J connectivity index is 1.92. The highest BCUT2D eigenvalue weighted by molar-refractivity contribution is 5.77. The molecule has 0 aliphatic heterocycles. The van der Waals surface area contributed by atoms with Crippen LogP contribution < -0.4 is 4.74 Å². The second kappa shape index (κ2) is 6.88. The molecular formula is C17H17FO3. The van der Waals surface area contributed by atoms with Crippen LogP contribution in [0.25, 0.3) is 0 Å². The van der Waals surface area contributed by atoms with E-state index in [0.717, 1.165) is 16.9 Å². The van der Waals surface area contributed by atoms with Gasteiger partial charge in [-0.2, -0.15) is 0 Å². The van der Waals surface area contributed by atoms with Gasteiger partial charge in [0.05, 0.1) is 13.0 Å². The first-order valence-electron chi connectivity index (χ1n) is 6.65. The quantitative estimate of drug-likeness (QED) is 0.787. The molecule has 3 nitrogen and oxygen atoms in total. The summed E-state index contributed by atoms with van der Waals surface area (Å²) in [4.78, 5) is 12.0. The number of carbonyl (C=O) groups excluding carboxylic acids is 1. The summed E-state index contributed by atoms with van der Waals surface area (Å²) in [6.45, 7) is 1.94. The SMILES string of the molecule is COc1ccc(COC(=O)[C@@H](C)c2ccc(F)cc2)cc1. The second-order valence-corrected chi connectivity index (χ2v) is 4.73. The molecule has 0 aliphatic carbocycles. The van der Waals surface area contributed by atoms with E-state index in [4.69, 9.17) is 9.47 Å². The smallest absolute Gasteiger partial charge is 0.313 e. The van der Waals surface area contributed by atoms with Crippen molar-refractivity contribution in [3.63, 3.8) is 0 Å². The summed E-state index contributed by atoms with van der Waals surface area (Å²) in [5.41, 5.74) is 1.62. The maximum absolute atomic E-state index is 12.9. The van der Waals surface area contributed by atoms with Crippen molar-refractivity contribution < 1.29 is 18.7 Å². The van der Waals surface area contributed by atoms with Crippen molar-refractivity contribution in [2.24, 2.45) is 0 Å². The molecule has 0 saturated heterocycles. The summed E-state index contributed by atoms with van der Waals surface area (Å²) >= 11 is 0. The monoisotopic (exact) mass is 288 g/mol. The first kappa shape index (κ1) is 15.0. The number of halogens is 1. The molecule has 4 heteroatoms. The molecule has 0 fully saturated rings. The Labute approximate surface area is 123 Å². The minimum atomic E-state index is -0.427. The zero-order valence-corrected chi connectivity index (χ0v) is 12.0. The van der Waals surface area contributed by atoms with Crippen LogP contribution in [-0.4, -0.2) is 13.1 Å². The molecule has 0 N–H and O–H groups in total. The predicted molar refractivity (Wildman–Crippen MR) is 77.6 cm³/mol. The van der Waals surface area contributed by atoms with Crippen molar-refractivity contribution in [3.8, 4) is 5.75 Å². The first-order valence-corrected chi connectivity index (χ1v) is 6.65. The van der Waals surface area contributed by atoms with Gasteiger partial charge in [0.1, 0.15) is 18.2 Å². The fourth-order valence-corrected chi connectivity index (χ4v) is 1.89. The van der Waals surface area contributed by atoms with E-state index in [2.05, 4.69) is 0 Å². The van der Waals surface area contributed by atoms with Gasteiger partial charge in [-0.15, -0.1) is 0 Å². The predicted octanol–water partition coefficient (Wildman–Crippen LogP) is 3.68. The van der Waals surface area contributed by atoms with Crippen LogP contribution in [0.1, 0.15) is 24.0 Å². The summed E-state index contributed by atoms with van der Waals surface area (Å²) in [6.07, 6.45) is 0. The Kier molecular flexibility index (Phi) is 4.93. The highest BCUT2D eigenvalue weighted by Gasteiger charge is 2.16. The van der Waals surface area contributed by atoms with Gasteiger partial charge in [0.2, 0.25) is 0 Å². The Hall–Kier alpha value is -2.36. The molecule has 2 aromatic rings. The number of hydrogen-bond acceptors (Lipinski definition) is 3. The number of esters is 1. The van der Waals surface area contributed by atoms with Gasteiger partial charge in [0.15, 0.2) is 0 Å². The summed E-state index contributed by atoms with van der Waals surface area (Å²) in [5, 5.41) is 0. The number of benzene rings is 2. The van der Waals surface area contributed by atoms with Crippen LogP contribution in [0.5, 0.6) is 5.75 Å². The number of methoxy groups -OCH3 is 1. The lowest BCUT2D eigenvalue weighted by Crippen LogP contribution is -2.13. The molecule has 0 spiro atoms. The van der Waals surface area contributed by atoms with Crippen LogP contribution in [-0.2, 0) is 16.1 Å². The van der Waals surface area contributed by atoms with Gasteiger partial charge in [-0.25, -0.2) is 4.39 Å². The Morgan fingerprint density at radius 2 is 1.71 bits per heavy atom. The van der Waals surface area contributed by atoms with E-state index in [-0.39, 0.29) is 18.4 Å². The largest absolute Gasteiger partial charge is 0.497 e. The minimum Gasteiger partial charge on any atom is -0.497 e. The molecule has 2 aromatic carbocycles. The summed E-state index contributed by atoms with van der Waals surface area (Å²) in [7, 11) is 1.60. The fraction of sp³-hybridized carbons (Fsp3) is 0.235. The van der Waals surface area contributed by atoms with Crippen molar-refractivity contribution >= 4 is 5.97 Å². The summed E-state index contributed by atoms with van der Waals surface area (Å²) < 4.78 is 23.2. The van der Waals surface area contributed by atoms with Crippen LogP contribution in [0, 0.1) is 5.82 Å². The van der Waals surface area contributed by atoms with Crippen molar-refractivity contribution in [1.29, 1.82) is 0 Å². The first-order chi connectivity index (χ1) is 10.1. The Morgan fingerprint density at radius 3 is 2.29 bits per heavy atom. The van der Waals surface area contributed by atoms with Gasteiger partial charge in [-0.05, 0) is 42.3 Å². The van der Waals surface area contributed by atoms with Crippen LogP contribution >= 0.6 is 0 Å². The second-order valence-electron chi connectivity index (χ2n) is 4.73. The average molecular weight is 288 g/mol. The van der Waals surface area contributed by atoms with E-state index in [9.17, 15) is 9.18 Å². The molecule has 0 aromatic heterocycles. The lowest BCUT2D eigenvalue weighted by molar-refractivity contribution is -0.146. The molecule has 0 radical (unpaired) electrons. The van der Waals surface area contributed by atoms with E-state index in [1.165, 1.54) is 12.1 Å². The molecule has 0 saturated carbocycles. The number of carbonyl (C=O) groups is 1. The van der Waals surface area contributed by atoms with E-state index < -0.39 is 5.92 Å². The molecule has 0 aliphatic rings. The maximum Gasteiger partial charge on any atom is 0.313 e. The highest BCUT2D eigenvalue weighted by atomic mass is 19.1. The van der Waals surface area contributed by atoms with E-state index >= 15 is 0 Å². The van der Waals surface area contributed by atoms with Crippen LogP contribution in [0.4, 0.5) is 4.39 Å². The van der Waals surface area contributed by atoms with Crippen molar-refractivity contribution in [3.05, 3.63) is 65.5 Å². The summed E-state index contributed by atoms with van der Waals surface area (Å²) in [6, 6.07) is 13.2. The van der Waals surface area contributed by atoms with Gasteiger partial charge in [-0.3, -0.25) is 4.79 Å². The third-order valence-corrected chi connectivity index (χ3v) is 3.26. The van der Waals surface area contributed by atoms with E-state index in [1.54, 1.807) is 26.2 Å². The zero-order chi connectivity index (χ0) is 15.2. The minimum absolute atomic E-state index is 0.203. The third-order valence-electron chi connectivity index (χ3n) is 3.26. The van der Waals surface area contributed by atoms with Crippen molar-refractivity contribution in [2.45, 2.75) is 19.4 Å². The topological polar surface area (TPSA) is 35.5 Å². The van der Waals surface area contributed by atoms with Gasteiger partial charge in [0.25, 0.3) is 0 Å². The fourth-order valence-electron chi connectivity index (χ4n) is 1.89. The zero-order valence-electron chi connectivity index (χ0n) is 12.0. The lowest BCUT2D eigenvalue weighted by Gasteiger charge is -2.12. The van der Waals surface area contributed by atoms with Gasteiger partial charge in [-0.1, -0.05) is 24.3 Å². The number of ether oxygens (including phenoxy) is 2. The highest BCUT2D eigenvalue weighted by Crippen LogP contribution is 2.18. The van der Waals surface area contributed by atoms with Crippen molar-refractivity contribution in [2.75, 3.05) is 7.11 Å². The molecule has 0 heterocycles. The lowest BCUT2D eigenvalue weighted by atomic mass is 10.0. The van der Waals surface area contributed by atoms with Crippen molar-refractivity contribution in [1.82, 2.24) is 0 Å². The normalized spacial score (nSPS) is 11.8. The van der Waals surface area contributed by atoms with Crippen LogP contribution in [0.15, 0.2) is 48.5 Å².